The summed E-state index contributed by atoms with van der Waals surface area (Å²) in [6.45, 7) is 13.4. The molecule has 1 atom stereocenters. The monoisotopic (exact) mass is 424 g/mol. The van der Waals surface area contributed by atoms with E-state index in [0.717, 1.165) is 41.1 Å². The molecule has 0 unspecified atom stereocenters. The molecule has 0 amide bonds. The number of ether oxygens (including phenoxy) is 2. The second kappa shape index (κ2) is 9.22. The first-order chi connectivity index (χ1) is 14.2. The predicted octanol–water partition coefficient (Wildman–Crippen LogP) is 6.71. The smallest absolute Gasteiger partial charge is 0.161 e. The molecule has 4 nitrogen and oxygen atoms in total. The van der Waals surface area contributed by atoms with Gasteiger partial charge in [0.1, 0.15) is 11.1 Å². The van der Waals surface area contributed by atoms with Crippen molar-refractivity contribution in [3.63, 3.8) is 0 Å². The number of rotatable bonds is 6. The van der Waals surface area contributed by atoms with Crippen molar-refractivity contribution in [1.29, 1.82) is 5.26 Å². The van der Waals surface area contributed by atoms with Gasteiger partial charge in [-0.1, -0.05) is 20.8 Å². The molecule has 160 valence electrons. The zero-order valence-corrected chi connectivity index (χ0v) is 19.7. The Kier molecular flexibility index (Phi) is 6.88. The van der Waals surface area contributed by atoms with Gasteiger partial charge in [0.05, 0.1) is 18.3 Å². The van der Waals surface area contributed by atoms with E-state index in [-0.39, 0.29) is 11.5 Å². The largest absolute Gasteiger partial charge is 0.490 e. The number of thiophene rings is 1. The van der Waals surface area contributed by atoms with Gasteiger partial charge in [-0.2, -0.15) is 5.26 Å². The second-order valence-corrected chi connectivity index (χ2v) is 10.2. The van der Waals surface area contributed by atoms with Crippen LogP contribution in [0.1, 0.15) is 69.5 Å². The summed E-state index contributed by atoms with van der Waals surface area (Å²) < 4.78 is 11.6. The molecule has 2 aromatic rings. The molecule has 0 saturated heterocycles. The normalized spacial score (nSPS) is 16.5. The van der Waals surface area contributed by atoms with Crippen LogP contribution in [-0.4, -0.2) is 18.9 Å². The van der Waals surface area contributed by atoms with Crippen LogP contribution in [0.3, 0.4) is 0 Å². The first-order valence-corrected chi connectivity index (χ1v) is 11.6. The van der Waals surface area contributed by atoms with E-state index in [9.17, 15) is 5.26 Å². The highest BCUT2D eigenvalue weighted by atomic mass is 32.1. The van der Waals surface area contributed by atoms with Crippen LogP contribution < -0.4 is 9.47 Å². The minimum atomic E-state index is 0.0799. The van der Waals surface area contributed by atoms with Crippen LogP contribution in [0.15, 0.2) is 23.2 Å². The molecule has 0 bridgehead atoms. The van der Waals surface area contributed by atoms with E-state index in [4.69, 9.17) is 14.5 Å². The van der Waals surface area contributed by atoms with Gasteiger partial charge in [-0.25, -0.2) is 4.99 Å². The number of fused-ring (bicyclic) bond motifs is 1. The van der Waals surface area contributed by atoms with Gasteiger partial charge in [0.25, 0.3) is 0 Å². The molecule has 1 aromatic carbocycles. The van der Waals surface area contributed by atoms with Gasteiger partial charge in [-0.05, 0) is 80.7 Å². The fourth-order valence-electron chi connectivity index (χ4n) is 3.87. The summed E-state index contributed by atoms with van der Waals surface area (Å²) in [6, 6.07) is 8.24. The third kappa shape index (κ3) is 5.05. The fraction of sp³-hybridized carbons (Fsp3) is 0.520. The van der Waals surface area contributed by atoms with Crippen molar-refractivity contribution < 1.29 is 9.47 Å². The fourth-order valence-corrected chi connectivity index (χ4v) is 5.10. The van der Waals surface area contributed by atoms with Crippen molar-refractivity contribution in [3.8, 4) is 17.6 Å². The Morgan fingerprint density at radius 1 is 1.30 bits per heavy atom. The van der Waals surface area contributed by atoms with Gasteiger partial charge in [-0.3, -0.25) is 0 Å². The van der Waals surface area contributed by atoms with Crippen LogP contribution in [0, 0.1) is 22.7 Å². The average Bonchev–Trinajstić information content (AvgIpc) is 3.04. The molecule has 0 aliphatic heterocycles. The van der Waals surface area contributed by atoms with Crippen molar-refractivity contribution in [3.05, 3.63) is 39.8 Å². The molecule has 5 heteroatoms. The number of hydrogen-bond acceptors (Lipinski definition) is 5. The highest BCUT2D eigenvalue weighted by Crippen LogP contribution is 2.45. The maximum atomic E-state index is 9.77. The summed E-state index contributed by atoms with van der Waals surface area (Å²) in [7, 11) is 0. The Morgan fingerprint density at radius 2 is 2.07 bits per heavy atom. The van der Waals surface area contributed by atoms with Gasteiger partial charge in [0.2, 0.25) is 0 Å². The number of hydrogen-bond donors (Lipinski definition) is 0. The molecule has 0 saturated carbocycles. The summed E-state index contributed by atoms with van der Waals surface area (Å²) in [5, 5.41) is 10.6. The van der Waals surface area contributed by atoms with Crippen molar-refractivity contribution in [2.24, 2.45) is 16.3 Å². The van der Waals surface area contributed by atoms with Crippen LogP contribution >= 0.6 is 11.3 Å². The lowest BCUT2D eigenvalue weighted by Crippen LogP contribution is -2.26. The summed E-state index contributed by atoms with van der Waals surface area (Å²) >= 11 is 1.68. The lowest BCUT2D eigenvalue weighted by atomic mass is 9.72. The quantitative estimate of drug-likeness (QED) is 0.484. The lowest BCUT2D eigenvalue weighted by Gasteiger charge is -2.33. The van der Waals surface area contributed by atoms with Gasteiger partial charge in [0.15, 0.2) is 11.5 Å². The topological polar surface area (TPSA) is 54.6 Å². The predicted molar refractivity (Wildman–Crippen MR) is 125 cm³/mol. The summed E-state index contributed by atoms with van der Waals surface area (Å²) in [4.78, 5) is 6.04. The second-order valence-electron chi connectivity index (χ2n) is 9.17. The van der Waals surface area contributed by atoms with Gasteiger partial charge in [0, 0.05) is 11.1 Å². The molecule has 0 fully saturated rings. The number of nitrogens with zero attached hydrogens (tertiary/aromatic N) is 2. The van der Waals surface area contributed by atoms with E-state index < -0.39 is 0 Å². The van der Waals surface area contributed by atoms with Crippen molar-refractivity contribution in [2.45, 2.75) is 66.9 Å². The van der Waals surface area contributed by atoms with Crippen LogP contribution in [-0.2, 0) is 12.8 Å². The van der Waals surface area contributed by atoms with Gasteiger partial charge < -0.3 is 9.47 Å². The third-order valence-electron chi connectivity index (χ3n) is 5.54. The molecular weight excluding hydrogens is 392 g/mol. The molecule has 0 radical (unpaired) electrons. The molecule has 1 heterocycles. The van der Waals surface area contributed by atoms with Gasteiger partial charge >= 0.3 is 0 Å². The maximum absolute atomic E-state index is 9.77. The Bertz CT molecular complexity index is 961. The minimum Gasteiger partial charge on any atom is -0.490 e. The highest BCUT2D eigenvalue weighted by Gasteiger charge is 2.32. The zero-order valence-electron chi connectivity index (χ0n) is 18.9. The van der Waals surface area contributed by atoms with E-state index in [1.807, 2.05) is 45.2 Å². The molecule has 1 aliphatic rings. The van der Waals surface area contributed by atoms with Crippen LogP contribution in [0.25, 0.3) is 0 Å². The number of aliphatic imine (C=N–C) groups is 1. The minimum absolute atomic E-state index is 0.0799. The Morgan fingerprint density at radius 3 is 2.70 bits per heavy atom. The average molecular weight is 425 g/mol. The summed E-state index contributed by atoms with van der Waals surface area (Å²) in [5.41, 5.74) is 3.18. The standard InChI is InChI=1S/C25H32N2O2S/c1-7-28-22-12-17(8-11-21(22)29-16(2)3)15-27-24-20(14-26)19-10-9-18(25(4,5)6)13-23(19)30-24/h8,11-12,15-16,18H,7,9-10,13H2,1-6H3/t18-/m0/s1. The molecule has 1 aromatic heterocycles. The van der Waals surface area contributed by atoms with Crippen LogP contribution in [0.5, 0.6) is 11.5 Å². The highest BCUT2D eigenvalue weighted by molar-refractivity contribution is 7.16. The Balaban J connectivity index is 1.87. The van der Waals surface area contributed by atoms with Crippen molar-refractivity contribution >= 4 is 22.6 Å². The van der Waals surface area contributed by atoms with Crippen LogP contribution in [0.4, 0.5) is 5.00 Å². The van der Waals surface area contributed by atoms with Gasteiger partial charge in [-0.15, -0.1) is 11.3 Å². The van der Waals surface area contributed by atoms with E-state index in [1.165, 1.54) is 10.4 Å². The molecule has 0 spiro atoms. The molecule has 1 aliphatic carbocycles. The summed E-state index contributed by atoms with van der Waals surface area (Å²) in [6.07, 6.45) is 5.06. The Labute approximate surface area is 184 Å². The van der Waals surface area contributed by atoms with Crippen molar-refractivity contribution in [1.82, 2.24) is 0 Å². The lowest BCUT2D eigenvalue weighted by molar-refractivity contribution is 0.218. The van der Waals surface area contributed by atoms with E-state index in [0.29, 0.717) is 18.3 Å². The van der Waals surface area contributed by atoms with E-state index >= 15 is 0 Å². The van der Waals surface area contributed by atoms with E-state index in [1.54, 1.807) is 11.3 Å². The maximum Gasteiger partial charge on any atom is 0.161 e. The summed E-state index contributed by atoms with van der Waals surface area (Å²) in [5.74, 6) is 2.10. The number of nitriles is 1. The molecular formula is C25H32N2O2S. The van der Waals surface area contributed by atoms with Crippen LogP contribution in [0.2, 0.25) is 0 Å². The Hall–Kier alpha value is -2.32. The zero-order chi connectivity index (χ0) is 21.9. The third-order valence-corrected chi connectivity index (χ3v) is 6.71. The number of benzene rings is 1. The SMILES string of the molecule is CCOc1cc(C=Nc2sc3c(c2C#N)CC[C@H](C(C)(C)C)C3)ccc1OC(C)C. The molecule has 0 N–H and O–H groups in total. The first kappa shape index (κ1) is 22.4. The molecule has 3 rings (SSSR count). The van der Waals surface area contributed by atoms with E-state index in [2.05, 4.69) is 26.8 Å². The molecule has 30 heavy (non-hydrogen) atoms. The van der Waals surface area contributed by atoms with Crippen molar-refractivity contribution in [2.75, 3.05) is 6.61 Å². The first-order valence-electron chi connectivity index (χ1n) is 10.7.